The van der Waals surface area contributed by atoms with Crippen molar-refractivity contribution < 1.29 is 36.6 Å². The van der Waals surface area contributed by atoms with Crippen LogP contribution in [0.3, 0.4) is 0 Å². The molecule has 0 amide bonds. The van der Waals surface area contributed by atoms with E-state index in [0.29, 0.717) is 12.8 Å². The summed E-state index contributed by atoms with van der Waals surface area (Å²) in [6, 6.07) is 0. The molecular formula is C26H50CoO4. The van der Waals surface area contributed by atoms with Crippen LogP contribution in [-0.2, 0) is 26.4 Å². The van der Waals surface area contributed by atoms with Gasteiger partial charge in [-0.25, -0.2) is 0 Å². The van der Waals surface area contributed by atoms with Gasteiger partial charge in [-0.3, -0.25) is 9.59 Å². The molecule has 31 heavy (non-hydrogen) atoms. The molecule has 0 rings (SSSR count). The first-order valence-corrected chi connectivity index (χ1v) is 12.6. The summed E-state index contributed by atoms with van der Waals surface area (Å²) in [6.07, 6.45) is 27.1. The van der Waals surface area contributed by atoms with Crippen molar-refractivity contribution in [3.8, 4) is 0 Å². The van der Waals surface area contributed by atoms with Gasteiger partial charge in [-0.2, -0.15) is 0 Å². The molecule has 0 atom stereocenters. The van der Waals surface area contributed by atoms with Gasteiger partial charge in [-0.05, 0) is 38.5 Å². The average Bonchev–Trinajstić information content (AvgIpc) is 2.71. The van der Waals surface area contributed by atoms with Crippen molar-refractivity contribution in [3.63, 3.8) is 0 Å². The smallest absolute Gasteiger partial charge is 0.303 e. The van der Waals surface area contributed by atoms with Crippen molar-refractivity contribution in [1.29, 1.82) is 0 Å². The number of allylic oxidation sites excluding steroid dienone is 2. The van der Waals surface area contributed by atoms with Crippen LogP contribution in [0.4, 0.5) is 0 Å². The molecule has 5 heteroatoms. The fourth-order valence-corrected chi connectivity index (χ4v) is 3.23. The van der Waals surface area contributed by atoms with Crippen LogP contribution < -0.4 is 0 Å². The zero-order valence-electron chi connectivity index (χ0n) is 20.3. The summed E-state index contributed by atoms with van der Waals surface area (Å²) in [6.45, 7) is 4.41. The number of carbonyl (C=O) groups is 2. The van der Waals surface area contributed by atoms with E-state index in [0.717, 1.165) is 25.7 Å². The molecule has 0 aromatic rings. The van der Waals surface area contributed by atoms with Crippen molar-refractivity contribution in [1.82, 2.24) is 0 Å². The second kappa shape index (κ2) is 31.4. The third kappa shape index (κ3) is 40.1. The summed E-state index contributed by atoms with van der Waals surface area (Å²) >= 11 is 0. The van der Waals surface area contributed by atoms with Crippen LogP contribution in [0.1, 0.15) is 142 Å². The van der Waals surface area contributed by atoms with E-state index >= 15 is 0 Å². The fourth-order valence-electron chi connectivity index (χ4n) is 3.23. The molecule has 0 aliphatic carbocycles. The predicted octanol–water partition coefficient (Wildman–Crippen LogP) is 8.54. The Hall–Kier alpha value is -0.814. The summed E-state index contributed by atoms with van der Waals surface area (Å²) in [7, 11) is 0. The summed E-state index contributed by atoms with van der Waals surface area (Å²) < 4.78 is 0. The Kier molecular flexibility index (Phi) is 35.2. The number of carboxylic acids is 2. The number of aliphatic carboxylic acids is 2. The summed E-state index contributed by atoms with van der Waals surface area (Å²) in [5.74, 6) is -1.33. The van der Waals surface area contributed by atoms with E-state index in [4.69, 9.17) is 10.2 Å². The summed E-state index contributed by atoms with van der Waals surface area (Å²) in [5, 5.41) is 16.8. The summed E-state index contributed by atoms with van der Waals surface area (Å²) in [4.78, 5) is 20.4. The molecule has 0 aromatic heterocycles. The van der Waals surface area contributed by atoms with Crippen molar-refractivity contribution in [2.75, 3.05) is 0 Å². The standard InChI is InChI=1S/C18H34O2.C8H16O2.Co/c1-2-3-4-5-6-7-8-9-10-11-12-13-14-15-16-17-18(19)20;1-2-3-4-5-6-7-8(9)10;/h9-10H,2-8,11-17H2,1H3,(H,19,20);2-7H2,1H3,(H,9,10);/b10-9-;;. The zero-order valence-corrected chi connectivity index (χ0v) is 21.4. The van der Waals surface area contributed by atoms with Crippen molar-refractivity contribution in [2.24, 2.45) is 0 Å². The van der Waals surface area contributed by atoms with Crippen LogP contribution in [-0.4, -0.2) is 22.2 Å². The molecule has 0 aliphatic heterocycles. The Morgan fingerprint density at radius 2 is 0.806 bits per heavy atom. The molecule has 0 unspecified atom stereocenters. The minimum atomic E-state index is -0.670. The van der Waals surface area contributed by atoms with Gasteiger partial charge < -0.3 is 10.2 Å². The first-order chi connectivity index (χ1) is 14.5. The Morgan fingerprint density at radius 1 is 0.516 bits per heavy atom. The molecule has 0 aliphatic rings. The van der Waals surface area contributed by atoms with E-state index < -0.39 is 11.9 Å². The third-order valence-electron chi connectivity index (χ3n) is 5.15. The van der Waals surface area contributed by atoms with E-state index in [1.54, 1.807) is 0 Å². The molecule has 4 nitrogen and oxygen atoms in total. The maximum absolute atomic E-state index is 10.3. The van der Waals surface area contributed by atoms with Gasteiger partial charge in [0, 0.05) is 29.6 Å². The van der Waals surface area contributed by atoms with Crippen molar-refractivity contribution in [3.05, 3.63) is 12.2 Å². The van der Waals surface area contributed by atoms with Crippen LogP contribution in [0.2, 0.25) is 0 Å². The number of rotatable bonds is 21. The van der Waals surface area contributed by atoms with Gasteiger partial charge in [-0.15, -0.1) is 0 Å². The molecule has 0 aromatic carbocycles. The average molecular weight is 486 g/mol. The third-order valence-corrected chi connectivity index (χ3v) is 5.15. The second-order valence-corrected chi connectivity index (χ2v) is 8.29. The number of unbranched alkanes of at least 4 members (excludes halogenated alkanes) is 15. The van der Waals surface area contributed by atoms with Gasteiger partial charge in [0.25, 0.3) is 0 Å². The monoisotopic (exact) mass is 485 g/mol. The first-order valence-electron chi connectivity index (χ1n) is 12.6. The molecule has 0 spiro atoms. The maximum atomic E-state index is 10.3. The summed E-state index contributed by atoms with van der Waals surface area (Å²) in [5.41, 5.74) is 0. The molecule has 0 bridgehead atoms. The van der Waals surface area contributed by atoms with Crippen molar-refractivity contribution in [2.45, 2.75) is 142 Å². The molecule has 0 fully saturated rings. The molecule has 1 radical (unpaired) electrons. The fraction of sp³-hybridized carbons (Fsp3) is 0.846. The second-order valence-electron chi connectivity index (χ2n) is 8.29. The SMILES string of the molecule is CCCCCCCC(=O)O.CCCCCCCC/C=C\CCCCCCCC(=O)O.[Co]. The van der Waals surface area contributed by atoms with Crippen LogP contribution >= 0.6 is 0 Å². The topological polar surface area (TPSA) is 74.6 Å². The minimum absolute atomic E-state index is 0. The molecule has 187 valence electrons. The van der Waals surface area contributed by atoms with Gasteiger partial charge >= 0.3 is 11.9 Å². The molecule has 0 heterocycles. The zero-order chi connectivity index (χ0) is 22.7. The van der Waals surface area contributed by atoms with E-state index in [2.05, 4.69) is 26.0 Å². The van der Waals surface area contributed by atoms with Crippen LogP contribution in [0.5, 0.6) is 0 Å². The quantitative estimate of drug-likeness (QED) is 0.126. The van der Waals surface area contributed by atoms with Crippen LogP contribution in [0.25, 0.3) is 0 Å². The number of hydrogen-bond donors (Lipinski definition) is 2. The van der Waals surface area contributed by atoms with Gasteiger partial charge in [0.2, 0.25) is 0 Å². The van der Waals surface area contributed by atoms with E-state index in [1.807, 2.05) is 0 Å². The van der Waals surface area contributed by atoms with E-state index in [1.165, 1.54) is 89.9 Å². The molecule has 0 saturated heterocycles. The first kappa shape index (κ1) is 34.8. The van der Waals surface area contributed by atoms with E-state index in [9.17, 15) is 9.59 Å². The Morgan fingerprint density at radius 3 is 1.13 bits per heavy atom. The van der Waals surface area contributed by atoms with Gasteiger partial charge in [0.15, 0.2) is 0 Å². The van der Waals surface area contributed by atoms with Crippen molar-refractivity contribution >= 4 is 11.9 Å². The van der Waals surface area contributed by atoms with E-state index in [-0.39, 0.29) is 16.8 Å². The molecular weight excluding hydrogens is 435 g/mol. The molecule has 0 saturated carbocycles. The Bertz CT molecular complexity index is 397. The largest absolute Gasteiger partial charge is 0.481 e. The van der Waals surface area contributed by atoms with Gasteiger partial charge in [-0.1, -0.05) is 103 Å². The molecule has 2 N–H and O–H groups in total. The number of hydrogen-bond acceptors (Lipinski definition) is 2. The maximum Gasteiger partial charge on any atom is 0.303 e. The normalized spacial score (nSPS) is 10.4. The van der Waals surface area contributed by atoms with Crippen LogP contribution in [0, 0.1) is 0 Å². The Balaban J connectivity index is -0.000000604. The van der Waals surface area contributed by atoms with Crippen LogP contribution in [0.15, 0.2) is 12.2 Å². The number of carboxylic acid groups (broad SMARTS) is 2. The predicted molar refractivity (Wildman–Crippen MR) is 128 cm³/mol. The Labute approximate surface area is 202 Å². The minimum Gasteiger partial charge on any atom is -0.481 e. The van der Waals surface area contributed by atoms with Gasteiger partial charge in [0.1, 0.15) is 0 Å². The van der Waals surface area contributed by atoms with Gasteiger partial charge in [0.05, 0.1) is 0 Å².